The number of nitrogens with zero attached hydrogens (tertiary/aromatic N) is 1. The molecule has 0 aromatic rings. The summed E-state index contributed by atoms with van der Waals surface area (Å²) < 4.78 is 0. The highest BCUT2D eigenvalue weighted by Crippen LogP contribution is 2.17. The molecule has 0 spiro atoms. The molecule has 1 heterocycles. The maximum Gasteiger partial charge on any atom is 0.239 e. The Morgan fingerprint density at radius 3 is 2.93 bits per heavy atom. The number of nitrogens with two attached hydrogens (primary N) is 1. The van der Waals surface area contributed by atoms with Gasteiger partial charge >= 0.3 is 0 Å². The van der Waals surface area contributed by atoms with Crippen LogP contribution in [0, 0.1) is 0 Å². The number of hydrogen-bond donors (Lipinski definition) is 2. The standard InChI is InChI=1S/C11H22N2O2/c1-2-5-10(12)11(15)13-7-4-3-6-9(13)8-14/h9-10,14H,2-8,12H2,1H3. The maximum absolute atomic E-state index is 11.9. The van der Waals surface area contributed by atoms with Gasteiger partial charge in [-0.2, -0.15) is 0 Å². The Balaban J connectivity index is 2.55. The summed E-state index contributed by atoms with van der Waals surface area (Å²) in [5, 5.41) is 9.19. The number of carbonyl (C=O) groups excluding carboxylic acids is 1. The first-order valence-corrected chi connectivity index (χ1v) is 5.87. The number of aliphatic hydroxyl groups excluding tert-OH is 1. The summed E-state index contributed by atoms with van der Waals surface area (Å²) in [4.78, 5) is 13.7. The second kappa shape index (κ2) is 6.08. The smallest absolute Gasteiger partial charge is 0.239 e. The molecule has 3 N–H and O–H groups in total. The third kappa shape index (κ3) is 3.18. The number of likely N-dealkylation sites (tertiary alicyclic amines) is 1. The molecule has 0 saturated carbocycles. The Morgan fingerprint density at radius 2 is 2.33 bits per heavy atom. The van der Waals surface area contributed by atoms with Crippen LogP contribution in [0.1, 0.15) is 39.0 Å². The second-order valence-corrected chi connectivity index (χ2v) is 4.26. The van der Waals surface area contributed by atoms with E-state index in [1.54, 1.807) is 4.90 Å². The van der Waals surface area contributed by atoms with Crippen LogP contribution in [0.5, 0.6) is 0 Å². The predicted molar refractivity (Wildman–Crippen MR) is 59.3 cm³/mol. The lowest BCUT2D eigenvalue weighted by Crippen LogP contribution is -2.51. The van der Waals surface area contributed by atoms with Gasteiger partial charge in [0.05, 0.1) is 18.7 Å². The van der Waals surface area contributed by atoms with Gasteiger partial charge in [0.15, 0.2) is 0 Å². The van der Waals surface area contributed by atoms with Gasteiger partial charge in [0.1, 0.15) is 0 Å². The van der Waals surface area contributed by atoms with Crippen molar-refractivity contribution < 1.29 is 9.90 Å². The van der Waals surface area contributed by atoms with Crippen LogP contribution in [-0.4, -0.2) is 41.1 Å². The monoisotopic (exact) mass is 214 g/mol. The number of aliphatic hydroxyl groups is 1. The molecule has 0 radical (unpaired) electrons. The van der Waals surface area contributed by atoms with Gasteiger partial charge < -0.3 is 15.7 Å². The van der Waals surface area contributed by atoms with Crippen molar-refractivity contribution in [3.05, 3.63) is 0 Å². The van der Waals surface area contributed by atoms with Crippen LogP contribution in [0.3, 0.4) is 0 Å². The molecular weight excluding hydrogens is 192 g/mol. The Hall–Kier alpha value is -0.610. The van der Waals surface area contributed by atoms with E-state index in [1.165, 1.54) is 0 Å². The molecule has 2 atom stereocenters. The molecule has 0 bridgehead atoms. The summed E-state index contributed by atoms with van der Waals surface area (Å²) >= 11 is 0. The van der Waals surface area contributed by atoms with Crippen molar-refractivity contribution in [1.29, 1.82) is 0 Å². The summed E-state index contributed by atoms with van der Waals surface area (Å²) in [5.74, 6) is 0.00981. The molecular formula is C11H22N2O2. The Kier molecular flexibility index (Phi) is 5.05. The van der Waals surface area contributed by atoms with E-state index in [0.717, 1.165) is 38.6 Å². The van der Waals surface area contributed by atoms with Crippen LogP contribution in [0.4, 0.5) is 0 Å². The van der Waals surface area contributed by atoms with Gasteiger partial charge in [0, 0.05) is 6.54 Å². The van der Waals surface area contributed by atoms with Crippen molar-refractivity contribution in [3.63, 3.8) is 0 Å². The van der Waals surface area contributed by atoms with E-state index in [9.17, 15) is 9.90 Å². The molecule has 0 aliphatic carbocycles. The fourth-order valence-corrected chi connectivity index (χ4v) is 2.13. The summed E-state index contributed by atoms with van der Waals surface area (Å²) in [6.07, 6.45) is 4.68. The molecule has 1 amide bonds. The van der Waals surface area contributed by atoms with E-state index in [2.05, 4.69) is 0 Å². The molecule has 88 valence electrons. The zero-order valence-corrected chi connectivity index (χ0v) is 9.48. The van der Waals surface area contributed by atoms with Gasteiger partial charge in [-0.3, -0.25) is 4.79 Å². The van der Waals surface area contributed by atoms with Gasteiger partial charge in [0.25, 0.3) is 0 Å². The normalized spacial score (nSPS) is 23.9. The summed E-state index contributed by atoms with van der Waals surface area (Å²) in [5.41, 5.74) is 5.80. The number of piperidine rings is 1. The lowest BCUT2D eigenvalue weighted by molar-refractivity contribution is -0.137. The molecule has 1 rings (SSSR count). The fourth-order valence-electron chi connectivity index (χ4n) is 2.13. The van der Waals surface area contributed by atoms with Gasteiger partial charge in [0.2, 0.25) is 5.91 Å². The Labute approximate surface area is 91.4 Å². The van der Waals surface area contributed by atoms with Crippen molar-refractivity contribution in [1.82, 2.24) is 4.90 Å². The molecule has 2 unspecified atom stereocenters. The summed E-state index contributed by atoms with van der Waals surface area (Å²) in [6.45, 7) is 2.83. The minimum Gasteiger partial charge on any atom is -0.394 e. The maximum atomic E-state index is 11.9. The molecule has 1 aliphatic heterocycles. The van der Waals surface area contributed by atoms with E-state index in [1.807, 2.05) is 6.92 Å². The zero-order chi connectivity index (χ0) is 11.3. The van der Waals surface area contributed by atoms with Crippen LogP contribution in [0.2, 0.25) is 0 Å². The van der Waals surface area contributed by atoms with E-state index in [-0.39, 0.29) is 24.6 Å². The van der Waals surface area contributed by atoms with Crippen molar-refractivity contribution >= 4 is 5.91 Å². The Bertz CT molecular complexity index is 209. The average Bonchev–Trinajstić information content (AvgIpc) is 2.28. The molecule has 4 heteroatoms. The van der Waals surface area contributed by atoms with E-state index >= 15 is 0 Å². The van der Waals surface area contributed by atoms with Crippen LogP contribution in [0.15, 0.2) is 0 Å². The number of hydrogen-bond acceptors (Lipinski definition) is 3. The van der Waals surface area contributed by atoms with E-state index in [0.29, 0.717) is 0 Å². The highest BCUT2D eigenvalue weighted by Gasteiger charge is 2.28. The highest BCUT2D eigenvalue weighted by molar-refractivity contribution is 5.82. The molecule has 1 aliphatic rings. The minimum absolute atomic E-state index is 0.00541. The largest absolute Gasteiger partial charge is 0.394 e. The zero-order valence-electron chi connectivity index (χ0n) is 9.48. The third-order valence-electron chi connectivity index (χ3n) is 3.04. The van der Waals surface area contributed by atoms with Crippen LogP contribution in [-0.2, 0) is 4.79 Å². The molecule has 1 saturated heterocycles. The van der Waals surface area contributed by atoms with Crippen molar-refractivity contribution in [2.24, 2.45) is 5.73 Å². The van der Waals surface area contributed by atoms with Crippen molar-refractivity contribution in [2.45, 2.75) is 51.1 Å². The summed E-state index contributed by atoms with van der Waals surface area (Å²) in [7, 11) is 0. The topological polar surface area (TPSA) is 66.6 Å². The number of carbonyl (C=O) groups is 1. The van der Waals surface area contributed by atoms with Gasteiger partial charge in [-0.15, -0.1) is 0 Å². The molecule has 0 aromatic carbocycles. The number of amides is 1. The van der Waals surface area contributed by atoms with Gasteiger partial charge in [-0.1, -0.05) is 13.3 Å². The lowest BCUT2D eigenvalue weighted by Gasteiger charge is -2.36. The average molecular weight is 214 g/mol. The fraction of sp³-hybridized carbons (Fsp3) is 0.909. The third-order valence-corrected chi connectivity index (χ3v) is 3.04. The first kappa shape index (κ1) is 12.5. The van der Waals surface area contributed by atoms with Crippen molar-refractivity contribution in [2.75, 3.05) is 13.2 Å². The molecule has 4 nitrogen and oxygen atoms in total. The van der Waals surface area contributed by atoms with Crippen LogP contribution < -0.4 is 5.73 Å². The second-order valence-electron chi connectivity index (χ2n) is 4.26. The highest BCUT2D eigenvalue weighted by atomic mass is 16.3. The van der Waals surface area contributed by atoms with Gasteiger partial charge in [-0.25, -0.2) is 0 Å². The van der Waals surface area contributed by atoms with Gasteiger partial charge in [-0.05, 0) is 25.7 Å². The van der Waals surface area contributed by atoms with E-state index in [4.69, 9.17) is 5.73 Å². The van der Waals surface area contributed by atoms with Crippen LogP contribution in [0.25, 0.3) is 0 Å². The predicted octanol–water partition coefficient (Wildman–Crippen LogP) is 0.487. The molecule has 1 fully saturated rings. The Morgan fingerprint density at radius 1 is 1.60 bits per heavy atom. The van der Waals surface area contributed by atoms with E-state index < -0.39 is 0 Å². The minimum atomic E-state index is -0.387. The van der Waals surface area contributed by atoms with Crippen molar-refractivity contribution in [3.8, 4) is 0 Å². The SMILES string of the molecule is CCCC(N)C(=O)N1CCCCC1CO. The first-order chi connectivity index (χ1) is 7.20. The quantitative estimate of drug-likeness (QED) is 0.715. The molecule has 0 aromatic heterocycles. The van der Waals surface area contributed by atoms with Crippen LogP contribution >= 0.6 is 0 Å². The first-order valence-electron chi connectivity index (χ1n) is 5.87. The lowest BCUT2D eigenvalue weighted by atomic mass is 10.0. The molecule has 15 heavy (non-hydrogen) atoms. The number of rotatable bonds is 4. The summed E-state index contributed by atoms with van der Waals surface area (Å²) in [6, 6.07) is -0.392.